The van der Waals surface area contributed by atoms with Crippen LogP contribution in [0.4, 0.5) is 5.82 Å². The number of hydrogen-bond donors (Lipinski definition) is 0. The number of benzene rings is 1. The topological polar surface area (TPSA) is 45.7 Å². The summed E-state index contributed by atoms with van der Waals surface area (Å²) in [6, 6.07) is 8.15. The lowest BCUT2D eigenvalue weighted by Gasteiger charge is -2.21. The van der Waals surface area contributed by atoms with Crippen molar-refractivity contribution in [2.75, 3.05) is 38.2 Å². The second-order valence-electron chi connectivity index (χ2n) is 7.14. The maximum absolute atomic E-state index is 12.6. The zero-order valence-corrected chi connectivity index (χ0v) is 15.0. The van der Waals surface area contributed by atoms with Crippen LogP contribution >= 0.6 is 0 Å². The second kappa shape index (κ2) is 6.54. The molecule has 0 spiro atoms. The minimum atomic E-state index is 0.112. The summed E-state index contributed by atoms with van der Waals surface area (Å²) in [5.74, 6) is 2.23. The average molecular weight is 339 g/mol. The number of fused-ring (bicyclic) bond motifs is 1. The van der Waals surface area contributed by atoms with Crippen LogP contribution in [-0.4, -0.2) is 49.1 Å². The molecule has 1 atom stereocenters. The van der Waals surface area contributed by atoms with Crippen LogP contribution in [0.25, 0.3) is 10.9 Å². The van der Waals surface area contributed by atoms with Crippen molar-refractivity contribution >= 4 is 22.6 Å². The number of rotatable bonds is 3. The summed E-state index contributed by atoms with van der Waals surface area (Å²) in [5.41, 5.74) is 2.15. The number of aryl methyl sites for hydroxylation is 1. The van der Waals surface area contributed by atoms with Crippen LogP contribution in [0.5, 0.6) is 5.75 Å². The van der Waals surface area contributed by atoms with E-state index in [1.54, 1.807) is 7.11 Å². The van der Waals surface area contributed by atoms with Crippen LogP contribution < -0.4 is 9.64 Å². The first kappa shape index (κ1) is 16.2. The predicted molar refractivity (Wildman–Crippen MR) is 99.2 cm³/mol. The molecule has 1 amide bonds. The van der Waals surface area contributed by atoms with Crippen molar-refractivity contribution < 1.29 is 9.53 Å². The van der Waals surface area contributed by atoms with E-state index in [4.69, 9.17) is 9.72 Å². The van der Waals surface area contributed by atoms with E-state index >= 15 is 0 Å². The van der Waals surface area contributed by atoms with E-state index in [1.165, 1.54) is 5.56 Å². The molecule has 2 aliphatic heterocycles. The number of methoxy groups -OCH3 is 1. The van der Waals surface area contributed by atoms with E-state index in [1.807, 2.05) is 17.0 Å². The van der Waals surface area contributed by atoms with Crippen LogP contribution in [-0.2, 0) is 4.79 Å². The van der Waals surface area contributed by atoms with E-state index in [-0.39, 0.29) is 5.92 Å². The third kappa shape index (κ3) is 3.03. The van der Waals surface area contributed by atoms with Gasteiger partial charge in [-0.05, 0) is 49.9 Å². The number of carbonyl (C=O) groups is 1. The molecule has 2 fully saturated rings. The van der Waals surface area contributed by atoms with Gasteiger partial charge in [0.25, 0.3) is 0 Å². The lowest BCUT2D eigenvalue weighted by Crippen LogP contribution is -2.35. The maximum Gasteiger partial charge on any atom is 0.227 e. The molecule has 132 valence electrons. The molecule has 0 N–H and O–H groups in total. The Balaban J connectivity index is 1.56. The predicted octanol–water partition coefficient (Wildman–Crippen LogP) is 3.00. The van der Waals surface area contributed by atoms with Crippen molar-refractivity contribution in [3.63, 3.8) is 0 Å². The first-order valence-corrected chi connectivity index (χ1v) is 9.15. The maximum atomic E-state index is 12.6. The van der Waals surface area contributed by atoms with Gasteiger partial charge in [-0.25, -0.2) is 4.98 Å². The zero-order chi connectivity index (χ0) is 17.4. The molecule has 1 unspecified atom stereocenters. The molecule has 25 heavy (non-hydrogen) atoms. The first-order chi connectivity index (χ1) is 12.2. The molecule has 4 rings (SSSR count). The van der Waals surface area contributed by atoms with Crippen molar-refractivity contribution in [1.82, 2.24) is 9.88 Å². The average Bonchev–Trinajstić information content (AvgIpc) is 3.32. The number of pyridine rings is 1. The summed E-state index contributed by atoms with van der Waals surface area (Å²) in [6.07, 6.45) is 3.22. The monoisotopic (exact) mass is 339 g/mol. The SMILES string of the molecule is COc1ccc2c(C)cc(N3CCC(C(=O)N4CCCC4)C3)nc2c1. The molecule has 1 aromatic heterocycles. The van der Waals surface area contributed by atoms with Gasteiger partial charge in [-0.2, -0.15) is 0 Å². The normalized spacial score (nSPS) is 20.5. The fourth-order valence-corrected chi connectivity index (χ4v) is 4.02. The van der Waals surface area contributed by atoms with Crippen molar-refractivity contribution in [3.05, 3.63) is 29.8 Å². The smallest absolute Gasteiger partial charge is 0.227 e. The highest BCUT2D eigenvalue weighted by molar-refractivity contribution is 5.85. The number of amides is 1. The molecule has 0 aliphatic carbocycles. The number of carbonyl (C=O) groups excluding carboxylic acids is 1. The molecular weight excluding hydrogens is 314 g/mol. The summed E-state index contributed by atoms with van der Waals surface area (Å²) in [6.45, 7) is 5.65. The summed E-state index contributed by atoms with van der Waals surface area (Å²) in [7, 11) is 1.67. The number of aromatic nitrogens is 1. The van der Waals surface area contributed by atoms with Crippen molar-refractivity contribution in [1.29, 1.82) is 0 Å². The van der Waals surface area contributed by atoms with Crippen molar-refractivity contribution in [2.45, 2.75) is 26.2 Å². The van der Waals surface area contributed by atoms with Crippen LogP contribution in [0.15, 0.2) is 24.3 Å². The van der Waals surface area contributed by atoms with E-state index in [9.17, 15) is 4.79 Å². The number of anilines is 1. The highest BCUT2D eigenvalue weighted by Crippen LogP contribution is 2.29. The summed E-state index contributed by atoms with van der Waals surface area (Å²) >= 11 is 0. The van der Waals surface area contributed by atoms with Gasteiger partial charge in [-0.3, -0.25) is 4.79 Å². The molecule has 3 heterocycles. The molecular formula is C20H25N3O2. The molecule has 5 heteroatoms. The van der Waals surface area contributed by atoms with Crippen LogP contribution in [0.3, 0.4) is 0 Å². The Hall–Kier alpha value is -2.30. The zero-order valence-electron chi connectivity index (χ0n) is 15.0. The van der Waals surface area contributed by atoms with Gasteiger partial charge in [-0.15, -0.1) is 0 Å². The number of hydrogen-bond acceptors (Lipinski definition) is 4. The largest absolute Gasteiger partial charge is 0.497 e. The highest BCUT2D eigenvalue weighted by Gasteiger charge is 2.33. The Kier molecular flexibility index (Phi) is 4.24. The number of likely N-dealkylation sites (tertiary alicyclic amines) is 1. The van der Waals surface area contributed by atoms with Crippen molar-refractivity contribution in [3.8, 4) is 5.75 Å². The van der Waals surface area contributed by atoms with Gasteiger partial charge >= 0.3 is 0 Å². The molecule has 2 aliphatic rings. The first-order valence-electron chi connectivity index (χ1n) is 9.15. The van der Waals surface area contributed by atoms with E-state index in [2.05, 4.69) is 24.0 Å². The van der Waals surface area contributed by atoms with Gasteiger partial charge < -0.3 is 14.5 Å². The standard InChI is InChI=1S/C20H25N3O2/c1-14-11-19(21-18-12-16(25-2)5-6-17(14)18)23-10-7-15(13-23)20(24)22-8-3-4-9-22/h5-6,11-12,15H,3-4,7-10,13H2,1-2H3. The van der Waals surface area contributed by atoms with Gasteiger partial charge in [0.1, 0.15) is 11.6 Å². The fourth-order valence-electron chi connectivity index (χ4n) is 4.02. The van der Waals surface area contributed by atoms with E-state index in [0.717, 1.165) is 67.9 Å². The third-order valence-corrected chi connectivity index (χ3v) is 5.49. The lowest BCUT2D eigenvalue weighted by molar-refractivity contribution is -0.133. The molecule has 0 saturated carbocycles. The van der Waals surface area contributed by atoms with Crippen LogP contribution in [0.1, 0.15) is 24.8 Å². The Morgan fingerprint density at radius 3 is 2.76 bits per heavy atom. The molecule has 2 aromatic rings. The molecule has 0 bridgehead atoms. The Morgan fingerprint density at radius 2 is 2.00 bits per heavy atom. The van der Waals surface area contributed by atoms with Gasteiger partial charge in [0, 0.05) is 37.6 Å². The summed E-state index contributed by atoms with van der Waals surface area (Å²) in [4.78, 5) is 21.8. The molecule has 0 radical (unpaired) electrons. The van der Waals surface area contributed by atoms with Gasteiger partial charge in [-0.1, -0.05) is 0 Å². The van der Waals surface area contributed by atoms with Gasteiger partial charge in [0.2, 0.25) is 5.91 Å². The quantitative estimate of drug-likeness (QED) is 0.862. The molecule has 5 nitrogen and oxygen atoms in total. The molecule has 2 saturated heterocycles. The Morgan fingerprint density at radius 1 is 1.20 bits per heavy atom. The van der Waals surface area contributed by atoms with Crippen LogP contribution in [0, 0.1) is 12.8 Å². The number of ether oxygens (including phenoxy) is 1. The second-order valence-corrected chi connectivity index (χ2v) is 7.14. The van der Waals surface area contributed by atoms with E-state index in [0.29, 0.717) is 5.91 Å². The summed E-state index contributed by atoms with van der Waals surface area (Å²) < 4.78 is 5.33. The van der Waals surface area contributed by atoms with Gasteiger partial charge in [0.15, 0.2) is 0 Å². The van der Waals surface area contributed by atoms with Crippen molar-refractivity contribution in [2.24, 2.45) is 5.92 Å². The molecule has 1 aromatic carbocycles. The fraction of sp³-hybridized carbons (Fsp3) is 0.500. The minimum Gasteiger partial charge on any atom is -0.497 e. The highest BCUT2D eigenvalue weighted by atomic mass is 16.5. The minimum absolute atomic E-state index is 0.112. The van der Waals surface area contributed by atoms with Gasteiger partial charge in [0.05, 0.1) is 18.5 Å². The Bertz CT molecular complexity index is 799. The third-order valence-electron chi connectivity index (χ3n) is 5.49. The number of nitrogens with zero attached hydrogens (tertiary/aromatic N) is 3. The van der Waals surface area contributed by atoms with Crippen LogP contribution in [0.2, 0.25) is 0 Å². The lowest BCUT2D eigenvalue weighted by atomic mass is 10.1. The Labute approximate surface area is 148 Å². The summed E-state index contributed by atoms with van der Waals surface area (Å²) in [5, 5.41) is 1.15. The van der Waals surface area contributed by atoms with E-state index < -0.39 is 0 Å².